The number of carbonyl (C=O) groups excluding carboxylic acids is 1. The topological polar surface area (TPSA) is 58.6 Å². The molecule has 0 saturated carbocycles. The van der Waals surface area contributed by atoms with Gasteiger partial charge in [0, 0.05) is 35.7 Å². The molecule has 1 aromatic carbocycles. The molecular weight excluding hydrogens is 277 g/mol. The van der Waals surface area contributed by atoms with Gasteiger partial charge in [-0.05, 0) is 12.1 Å². The zero-order chi connectivity index (χ0) is 13.5. The van der Waals surface area contributed by atoms with Crippen molar-refractivity contribution < 1.29 is 14.6 Å². The molecule has 0 bridgehead atoms. The molecule has 1 aromatic rings. The van der Waals surface area contributed by atoms with Crippen LogP contribution in [0.15, 0.2) is 18.2 Å². The van der Waals surface area contributed by atoms with Crippen molar-refractivity contribution in [1.82, 2.24) is 5.32 Å². The Balaban J connectivity index is 2.50. The Morgan fingerprint density at radius 2 is 2.22 bits per heavy atom. The fourth-order valence-corrected chi connectivity index (χ4v) is 1.91. The van der Waals surface area contributed by atoms with Crippen molar-refractivity contribution in [3.63, 3.8) is 0 Å². The summed E-state index contributed by atoms with van der Waals surface area (Å²) in [6.45, 7) is 0.452. The van der Waals surface area contributed by atoms with E-state index in [-0.39, 0.29) is 18.9 Å². The number of aliphatic hydroxyl groups is 1. The van der Waals surface area contributed by atoms with Crippen LogP contribution < -0.4 is 5.32 Å². The molecule has 4 nitrogen and oxygen atoms in total. The molecule has 0 saturated heterocycles. The second-order valence-corrected chi connectivity index (χ2v) is 4.57. The Hall–Kier alpha value is -0.810. The van der Waals surface area contributed by atoms with E-state index >= 15 is 0 Å². The molecule has 1 amide bonds. The molecule has 18 heavy (non-hydrogen) atoms. The first-order valence-corrected chi connectivity index (χ1v) is 6.19. The van der Waals surface area contributed by atoms with Gasteiger partial charge in [-0.25, -0.2) is 0 Å². The van der Waals surface area contributed by atoms with Crippen molar-refractivity contribution in [3.8, 4) is 0 Å². The van der Waals surface area contributed by atoms with Gasteiger partial charge in [-0.2, -0.15) is 0 Å². The van der Waals surface area contributed by atoms with Gasteiger partial charge in [0.15, 0.2) is 0 Å². The maximum atomic E-state index is 11.3. The highest BCUT2D eigenvalue weighted by Gasteiger charge is 2.13. The third kappa shape index (κ3) is 4.82. The number of carbonyl (C=O) groups is 1. The van der Waals surface area contributed by atoms with Gasteiger partial charge >= 0.3 is 0 Å². The van der Waals surface area contributed by atoms with Crippen LogP contribution in [0, 0.1) is 0 Å². The third-order valence-electron chi connectivity index (χ3n) is 2.35. The van der Waals surface area contributed by atoms with Crippen molar-refractivity contribution in [2.24, 2.45) is 0 Å². The maximum absolute atomic E-state index is 11.3. The SMILES string of the molecule is COCCC(=O)NCC(O)c1ccc(Cl)cc1Cl. The molecule has 0 aliphatic carbocycles. The van der Waals surface area contributed by atoms with Crippen LogP contribution >= 0.6 is 23.2 Å². The van der Waals surface area contributed by atoms with Gasteiger partial charge < -0.3 is 15.2 Å². The summed E-state index contributed by atoms with van der Waals surface area (Å²) in [6, 6.07) is 4.82. The summed E-state index contributed by atoms with van der Waals surface area (Å²) in [4.78, 5) is 11.3. The standard InChI is InChI=1S/C12H15Cl2NO3/c1-18-5-4-12(17)15-7-11(16)9-3-2-8(13)6-10(9)14/h2-3,6,11,16H,4-5,7H2,1H3,(H,15,17). The van der Waals surface area contributed by atoms with Crippen molar-refractivity contribution in [2.75, 3.05) is 20.3 Å². The predicted molar refractivity (Wildman–Crippen MR) is 70.9 cm³/mol. The van der Waals surface area contributed by atoms with Gasteiger partial charge in [0.25, 0.3) is 0 Å². The Kier molecular flexibility index (Phi) is 6.43. The molecule has 2 N–H and O–H groups in total. The first-order valence-electron chi connectivity index (χ1n) is 5.43. The molecule has 0 fully saturated rings. The smallest absolute Gasteiger partial charge is 0.222 e. The van der Waals surface area contributed by atoms with Crippen molar-refractivity contribution in [3.05, 3.63) is 33.8 Å². The lowest BCUT2D eigenvalue weighted by Crippen LogP contribution is -2.29. The van der Waals surface area contributed by atoms with Gasteiger partial charge in [0.1, 0.15) is 0 Å². The van der Waals surface area contributed by atoms with Crippen molar-refractivity contribution in [2.45, 2.75) is 12.5 Å². The van der Waals surface area contributed by atoms with E-state index in [9.17, 15) is 9.90 Å². The summed E-state index contributed by atoms with van der Waals surface area (Å²) in [7, 11) is 1.52. The van der Waals surface area contributed by atoms with Crippen molar-refractivity contribution in [1.29, 1.82) is 0 Å². The molecule has 0 radical (unpaired) electrons. The van der Waals surface area contributed by atoms with E-state index in [1.165, 1.54) is 7.11 Å². The summed E-state index contributed by atoms with van der Waals surface area (Å²) in [6.07, 6.45) is -0.598. The van der Waals surface area contributed by atoms with E-state index in [1.54, 1.807) is 18.2 Å². The Bertz CT molecular complexity index is 412. The Labute approximate surface area is 116 Å². The lowest BCUT2D eigenvalue weighted by atomic mass is 10.1. The van der Waals surface area contributed by atoms with Gasteiger partial charge in [0.2, 0.25) is 5.91 Å². The second-order valence-electron chi connectivity index (χ2n) is 3.73. The van der Waals surface area contributed by atoms with E-state index in [0.717, 1.165) is 0 Å². The van der Waals surface area contributed by atoms with E-state index in [2.05, 4.69) is 5.32 Å². The number of rotatable bonds is 6. The van der Waals surface area contributed by atoms with Crippen LogP contribution in [0.5, 0.6) is 0 Å². The minimum atomic E-state index is -0.860. The molecule has 1 atom stereocenters. The third-order valence-corrected chi connectivity index (χ3v) is 2.91. The molecule has 6 heteroatoms. The first kappa shape index (κ1) is 15.2. The van der Waals surface area contributed by atoms with E-state index < -0.39 is 6.10 Å². The summed E-state index contributed by atoms with van der Waals surface area (Å²) in [5, 5.41) is 13.4. The van der Waals surface area contributed by atoms with Crippen LogP contribution in [0.25, 0.3) is 0 Å². The van der Waals surface area contributed by atoms with Crippen LogP contribution in [0.2, 0.25) is 10.0 Å². The normalized spacial score (nSPS) is 12.2. The number of benzene rings is 1. The minimum Gasteiger partial charge on any atom is -0.387 e. The molecule has 1 rings (SSSR count). The van der Waals surface area contributed by atoms with Gasteiger partial charge in [-0.15, -0.1) is 0 Å². The highest BCUT2D eigenvalue weighted by atomic mass is 35.5. The number of hydrogen-bond donors (Lipinski definition) is 2. The minimum absolute atomic E-state index is 0.101. The predicted octanol–water partition coefficient (Wildman–Crippen LogP) is 2.18. The highest BCUT2D eigenvalue weighted by Crippen LogP contribution is 2.25. The van der Waals surface area contributed by atoms with Crippen LogP contribution in [0.4, 0.5) is 0 Å². The van der Waals surface area contributed by atoms with Gasteiger partial charge in [-0.1, -0.05) is 29.3 Å². The maximum Gasteiger partial charge on any atom is 0.222 e. The van der Waals surface area contributed by atoms with Crippen molar-refractivity contribution >= 4 is 29.1 Å². The van der Waals surface area contributed by atoms with Crippen LogP contribution in [0.3, 0.4) is 0 Å². The lowest BCUT2D eigenvalue weighted by Gasteiger charge is -2.13. The molecule has 0 aliphatic heterocycles. The summed E-state index contributed by atoms with van der Waals surface area (Å²) >= 11 is 11.7. The second kappa shape index (κ2) is 7.59. The number of halogens is 2. The van der Waals surface area contributed by atoms with Gasteiger partial charge in [0.05, 0.1) is 12.7 Å². The number of amides is 1. The summed E-state index contributed by atoms with van der Waals surface area (Å²) in [5.74, 6) is -0.180. The largest absolute Gasteiger partial charge is 0.387 e. The number of methoxy groups -OCH3 is 1. The molecule has 0 aromatic heterocycles. The molecule has 0 spiro atoms. The quantitative estimate of drug-likeness (QED) is 0.845. The zero-order valence-electron chi connectivity index (χ0n) is 9.95. The van der Waals surface area contributed by atoms with Crippen LogP contribution in [0.1, 0.15) is 18.1 Å². The number of hydrogen-bond acceptors (Lipinski definition) is 3. The fraction of sp³-hybridized carbons (Fsp3) is 0.417. The monoisotopic (exact) mass is 291 g/mol. The summed E-state index contributed by atoms with van der Waals surface area (Å²) < 4.78 is 4.78. The summed E-state index contributed by atoms with van der Waals surface area (Å²) in [5.41, 5.74) is 0.535. The molecular formula is C12H15Cl2NO3. The average molecular weight is 292 g/mol. The average Bonchev–Trinajstić information content (AvgIpc) is 2.33. The lowest BCUT2D eigenvalue weighted by molar-refractivity contribution is -0.122. The Morgan fingerprint density at radius 3 is 2.83 bits per heavy atom. The fourth-order valence-electron chi connectivity index (χ4n) is 1.38. The molecule has 0 aliphatic rings. The van der Waals surface area contributed by atoms with E-state index in [0.29, 0.717) is 22.2 Å². The number of aliphatic hydroxyl groups excluding tert-OH is 1. The number of ether oxygens (including phenoxy) is 1. The van der Waals surface area contributed by atoms with E-state index in [4.69, 9.17) is 27.9 Å². The Morgan fingerprint density at radius 1 is 1.50 bits per heavy atom. The van der Waals surface area contributed by atoms with E-state index in [1.807, 2.05) is 0 Å². The molecule has 100 valence electrons. The number of nitrogens with one attached hydrogen (secondary N) is 1. The first-order chi connectivity index (χ1) is 8.54. The molecule has 0 heterocycles. The van der Waals surface area contributed by atoms with Crippen LogP contribution in [-0.4, -0.2) is 31.3 Å². The zero-order valence-corrected chi connectivity index (χ0v) is 11.5. The highest BCUT2D eigenvalue weighted by molar-refractivity contribution is 6.35. The van der Waals surface area contributed by atoms with Gasteiger partial charge in [-0.3, -0.25) is 4.79 Å². The molecule has 1 unspecified atom stereocenters. The van der Waals surface area contributed by atoms with Crippen LogP contribution in [-0.2, 0) is 9.53 Å².